The van der Waals surface area contributed by atoms with Gasteiger partial charge in [-0.3, -0.25) is 4.99 Å². The molecule has 1 heterocycles. The largest absolute Gasteiger partial charge is 0.360 e. The summed E-state index contributed by atoms with van der Waals surface area (Å²) in [6, 6.07) is 0.509. The van der Waals surface area contributed by atoms with E-state index < -0.39 is 0 Å². The molecule has 1 unspecified atom stereocenters. The van der Waals surface area contributed by atoms with Crippen molar-refractivity contribution >= 4 is 16.9 Å². The number of hydrogen-bond acceptors (Lipinski definition) is 3. The number of amidine groups is 1. The zero-order valence-corrected chi connectivity index (χ0v) is 11.4. The Hall–Kier alpha value is -0.180. The van der Waals surface area contributed by atoms with Gasteiger partial charge in [-0.1, -0.05) is 39.0 Å². The number of aliphatic imine (C=N–C) groups is 1. The van der Waals surface area contributed by atoms with Gasteiger partial charge in [0.05, 0.1) is 6.04 Å². The van der Waals surface area contributed by atoms with Crippen molar-refractivity contribution < 1.29 is 0 Å². The Kier molecular flexibility index (Phi) is 4.50. The maximum Gasteiger partial charge on any atom is 0.157 e. The van der Waals surface area contributed by atoms with E-state index >= 15 is 0 Å². The smallest absolute Gasteiger partial charge is 0.157 e. The zero-order valence-electron chi connectivity index (χ0n) is 10.6. The molecule has 0 saturated heterocycles. The predicted molar refractivity (Wildman–Crippen MR) is 70.6 cm³/mol. The molecule has 0 fully saturated rings. The fourth-order valence-corrected chi connectivity index (χ4v) is 3.12. The van der Waals surface area contributed by atoms with E-state index in [2.05, 4.69) is 39.9 Å². The van der Waals surface area contributed by atoms with Gasteiger partial charge in [0.2, 0.25) is 0 Å². The maximum absolute atomic E-state index is 4.72. The highest BCUT2D eigenvalue weighted by atomic mass is 32.2. The summed E-state index contributed by atoms with van der Waals surface area (Å²) in [5.74, 6) is 1.80. The Labute approximate surface area is 98.3 Å². The van der Waals surface area contributed by atoms with Crippen LogP contribution in [-0.2, 0) is 0 Å². The van der Waals surface area contributed by atoms with Crippen LogP contribution in [0.1, 0.15) is 47.5 Å². The molecule has 1 atom stereocenters. The van der Waals surface area contributed by atoms with Crippen LogP contribution in [0.2, 0.25) is 0 Å². The molecule has 0 radical (unpaired) electrons. The standard InChI is InChI=1S/C12H24N2S/c1-6-7-12(4,5)14-11-13-10(8-15-11)9(2)3/h9-10H,6-8H2,1-5H3,(H,13,14). The maximum atomic E-state index is 4.72. The number of nitrogens with zero attached hydrogens (tertiary/aromatic N) is 1. The van der Waals surface area contributed by atoms with Gasteiger partial charge in [0.1, 0.15) is 0 Å². The molecule has 0 spiro atoms. The molecule has 0 aliphatic carbocycles. The summed E-state index contributed by atoms with van der Waals surface area (Å²) in [6.45, 7) is 11.2. The van der Waals surface area contributed by atoms with E-state index in [1.54, 1.807) is 0 Å². The fourth-order valence-electron chi connectivity index (χ4n) is 1.78. The number of nitrogens with one attached hydrogen (secondary N) is 1. The lowest BCUT2D eigenvalue weighted by atomic mass is 10.00. The summed E-state index contributed by atoms with van der Waals surface area (Å²) >= 11 is 1.87. The highest BCUT2D eigenvalue weighted by Gasteiger charge is 2.25. The fraction of sp³-hybridized carbons (Fsp3) is 0.917. The third kappa shape index (κ3) is 4.06. The Bertz CT molecular complexity index is 234. The minimum Gasteiger partial charge on any atom is -0.360 e. The number of rotatable bonds is 4. The van der Waals surface area contributed by atoms with Gasteiger partial charge < -0.3 is 5.32 Å². The molecule has 0 aromatic heterocycles. The van der Waals surface area contributed by atoms with Gasteiger partial charge in [-0.25, -0.2) is 0 Å². The Morgan fingerprint density at radius 1 is 1.53 bits per heavy atom. The van der Waals surface area contributed by atoms with E-state index in [1.807, 2.05) is 11.8 Å². The van der Waals surface area contributed by atoms with Crippen molar-refractivity contribution in [2.24, 2.45) is 10.9 Å². The van der Waals surface area contributed by atoms with Gasteiger partial charge in [0.25, 0.3) is 0 Å². The first-order valence-electron chi connectivity index (χ1n) is 5.93. The average molecular weight is 228 g/mol. The van der Waals surface area contributed by atoms with Gasteiger partial charge in [0.15, 0.2) is 5.17 Å². The number of hydrogen-bond donors (Lipinski definition) is 1. The molecule has 2 nitrogen and oxygen atoms in total. The van der Waals surface area contributed by atoms with Crippen molar-refractivity contribution in [2.45, 2.75) is 59.0 Å². The first-order valence-corrected chi connectivity index (χ1v) is 6.92. The number of thioether (sulfide) groups is 1. The SMILES string of the molecule is CCCC(C)(C)NC1=NC(C(C)C)CS1. The van der Waals surface area contributed by atoms with Gasteiger partial charge >= 0.3 is 0 Å². The molecular weight excluding hydrogens is 204 g/mol. The minimum atomic E-state index is 0.187. The summed E-state index contributed by atoms with van der Waals surface area (Å²) in [7, 11) is 0. The van der Waals surface area contributed by atoms with Crippen molar-refractivity contribution in [1.82, 2.24) is 5.32 Å². The summed E-state index contributed by atoms with van der Waals surface area (Å²) < 4.78 is 0. The molecule has 1 N–H and O–H groups in total. The molecule has 0 saturated carbocycles. The second-order valence-corrected chi connectivity index (χ2v) is 6.32. The molecule has 88 valence electrons. The monoisotopic (exact) mass is 228 g/mol. The van der Waals surface area contributed by atoms with Crippen LogP contribution >= 0.6 is 11.8 Å². The van der Waals surface area contributed by atoms with Crippen LogP contribution < -0.4 is 5.32 Å². The van der Waals surface area contributed by atoms with Crippen LogP contribution in [-0.4, -0.2) is 22.5 Å². The molecule has 1 aliphatic rings. The van der Waals surface area contributed by atoms with Crippen molar-refractivity contribution in [3.05, 3.63) is 0 Å². The second-order valence-electron chi connectivity index (χ2n) is 5.32. The summed E-state index contributed by atoms with van der Waals surface area (Å²) in [4.78, 5) is 4.72. The van der Waals surface area contributed by atoms with Crippen LogP contribution in [0, 0.1) is 5.92 Å². The van der Waals surface area contributed by atoms with Gasteiger partial charge in [-0.15, -0.1) is 0 Å². The summed E-state index contributed by atoms with van der Waals surface area (Å²) in [5.41, 5.74) is 0.187. The Morgan fingerprint density at radius 2 is 2.20 bits per heavy atom. The third-order valence-corrected chi connectivity index (χ3v) is 3.75. The molecule has 0 aromatic rings. The van der Waals surface area contributed by atoms with Crippen LogP contribution in [0.15, 0.2) is 4.99 Å². The highest BCUT2D eigenvalue weighted by Crippen LogP contribution is 2.24. The minimum absolute atomic E-state index is 0.187. The molecule has 0 bridgehead atoms. The zero-order chi connectivity index (χ0) is 11.5. The molecule has 0 amide bonds. The van der Waals surface area contributed by atoms with E-state index in [1.165, 1.54) is 12.8 Å². The van der Waals surface area contributed by atoms with Crippen molar-refractivity contribution in [3.63, 3.8) is 0 Å². The van der Waals surface area contributed by atoms with Crippen LogP contribution in [0.4, 0.5) is 0 Å². The third-order valence-electron chi connectivity index (χ3n) is 2.76. The normalized spacial score (nSPS) is 22.0. The Balaban J connectivity index is 2.49. The molecule has 3 heteroatoms. The van der Waals surface area contributed by atoms with Gasteiger partial charge in [-0.2, -0.15) is 0 Å². The van der Waals surface area contributed by atoms with Gasteiger partial charge in [0, 0.05) is 11.3 Å². The quantitative estimate of drug-likeness (QED) is 0.798. The molecule has 1 rings (SSSR count). The van der Waals surface area contributed by atoms with Crippen LogP contribution in [0.3, 0.4) is 0 Å². The first kappa shape index (κ1) is 12.9. The molecule has 1 aliphatic heterocycles. The topological polar surface area (TPSA) is 24.4 Å². The molecule has 15 heavy (non-hydrogen) atoms. The lowest BCUT2D eigenvalue weighted by Gasteiger charge is -2.26. The molecular formula is C12H24N2S. The average Bonchev–Trinajstić information content (AvgIpc) is 2.51. The van der Waals surface area contributed by atoms with Crippen LogP contribution in [0.5, 0.6) is 0 Å². The van der Waals surface area contributed by atoms with Gasteiger partial charge in [-0.05, 0) is 26.2 Å². The lowest BCUT2D eigenvalue weighted by Crippen LogP contribution is -2.41. The van der Waals surface area contributed by atoms with E-state index in [9.17, 15) is 0 Å². The van der Waals surface area contributed by atoms with Crippen molar-refractivity contribution in [3.8, 4) is 0 Å². The first-order chi connectivity index (χ1) is 6.94. The van der Waals surface area contributed by atoms with Crippen LogP contribution in [0.25, 0.3) is 0 Å². The van der Waals surface area contributed by atoms with E-state index in [4.69, 9.17) is 4.99 Å². The van der Waals surface area contributed by atoms with E-state index in [0.29, 0.717) is 12.0 Å². The lowest BCUT2D eigenvalue weighted by molar-refractivity contribution is 0.421. The van der Waals surface area contributed by atoms with Crippen molar-refractivity contribution in [1.29, 1.82) is 0 Å². The van der Waals surface area contributed by atoms with E-state index in [-0.39, 0.29) is 5.54 Å². The van der Waals surface area contributed by atoms with E-state index in [0.717, 1.165) is 10.9 Å². The van der Waals surface area contributed by atoms with Crippen molar-refractivity contribution in [2.75, 3.05) is 5.75 Å². The second kappa shape index (κ2) is 5.24. The summed E-state index contributed by atoms with van der Waals surface area (Å²) in [5, 5.41) is 4.70. The Morgan fingerprint density at radius 3 is 2.67 bits per heavy atom. The summed E-state index contributed by atoms with van der Waals surface area (Å²) in [6.07, 6.45) is 2.41. The molecule has 0 aromatic carbocycles. The highest BCUT2D eigenvalue weighted by molar-refractivity contribution is 8.14. The predicted octanol–water partition coefficient (Wildman–Crippen LogP) is 3.28.